The number of amides is 1. The van der Waals surface area contributed by atoms with Crippen LogP contribution in [0.4, 0.5) is 0 Å². The fourth-order valence-corrected chi connectivity index (χ4v) is 4.76. The Labute approximate surface area is 164 Å². The average molecular weight is 407 g/mol. The molecule has 1 heterocycles. The zero-order valence-corrected chi connectivity index (χ0v) is 16.6. The number of nitrogens with one attached hydrogen (secondary N) is 2. The van der Waals surface area contributed by atoms with E-state index in [1.165, 1.54) is 12.5 Å². The molecule has 9 heteroatoms. The van der Waals surface area contributed by atoms with E-state index in [0.717, 1.165) is 19.3 Å². The third-order valence-corrected chi connectivity index (χ3v) is 6.47. The van der Waals surface area contributed by atoms with E-state index in [1.54, 1.807) is 18.2 Å². The number of sulfonamides is 1. The van der Waals surface area contributed by atoms with E-state index < -0.39 is 16.0 Å². The van der Waals surface area contributed by atoms with Crippen LogP contribution in [0.3, 0.4) is 0 Å². The molecule has 0 saturated heterocycles. The van der Waals surface area contributed by atoms with Crippen molar-refractivity contribution in [1.29, 1.82) is 0 Å². The average Bonchev–Trinajstić information content (AvgIpc) is 2.93. The SMILES string of the molecule is C[C@H]1CCCC[C@H]1NC(=O)COC(=O)CCN=C1NS(=O)(=O)c2ccccc21. The van der Waals surface area contributed by atoms with Gasteiger partial charge < -0.3 is 10.1 Å². The number of fused-ring (bicyclic) bond motifs is 1. The van der Waals surface area contributed by atoms with Gasteiger partial charge in [0.2, 0.25) is 0 Å². The summed E-state index contributed by atoms with van der Waals surface area (Å²) < 4.78 is 31.4. The van der Waals surface area contributed by atoms with E-state index in [4.69, 9.17) is 4.74 Å². The van der Waals surface area contributed by atoms with Crippen LogP contribution in [-0.2, 0) is 24.3 Å². The van der Waals surface area contributed by atoms with Crippen LogP contribution in [0.2, 0.25) is 0 Å². The first-order valence-electron chi connectivity index (χ1n) is 9.48. The maximum Gasteiger partial charge on any atom is 0.308 e. The second kappa shape index (κ2) is 8.72. The molecule has 1 aliphatic heterocycles. The molecule has 1 amide bonds. The highest BCUT2D eigenvalue weighted by atomic mass is 32.2. The predicted octanol–water partition coefficient (Wildman–Crippen LogP) is 1.35. The van der Waals surface area contributed by atoms with E-state index in [1.807, 2.05) is 0 Å². The molecule has 0 bridgehead atoms. The lowest BCUT2D eigenvalue weighted by Gasteiger charge is -2.29. The summed E-state index contributed by atoms with van der Waals surface area (Å²) in [6, 6.07) is 6.65. The molecule has 0 aromatic heterocycles. The second-order valence-electron chi connectivity index (χ2n) is 7.18. The molecule has 1 aromatic rings. The Morgan fingerprint density at radius 1 is 1.25 bits per heavy atom. The number of ether oxygens (including phenoxy) is 1. The van der Waals surface area contributed by atoms with Crippen LogP contribution >= 0.6 is 0 Å². The van der Waals surface area contributed by atoms with Crippen LogP contribution in [-0.4, -0.2) is 45.3 Å². The molecule has 1 aliphatic carbocycles. The Balaban J connectivity index is 1.44. The summed E-state index contributed by atoms with van der Waals surface area (Å²) in [4.78, 5) is 28.1. The molecule has 2 N–H and O–H groups in total. The summed E-state index contributed by atoms with van der Waals surface area (Å²) in [5.74, 6) is -0.198. The lowest BCUT2D eigenvalue weighted by atomic mass is 9.86. The van der Waals surface area contributed by atoms with Crippen molar-refractivity contribution in [3.05, 3.63) is 29.8 Å². The van der Waals surface area contributed by atoms with Crippen molar-refractivity contribution in [3.63, 3.8) is 0 Å². The van der Waals surface area contributed by atoms with Gasteiger partial charge in [-0.25, -0.2) is 8.42 Å². The second-order valence-corrected chi connectivity index (χ2v) is 8.83. The van der Waals surface area contributed by atoms with Crippen molar-refractivity contribution in [2.75, 3.05) is 13.2 Å². The molecule has 1 aromatic carbocycles. The standard InChI is InChI=1S/C19H25N3O5S/c1-13-6-2-4-8-15(13)21-17(23)12-27-18(24)10-11-20-19-14-7-3-5-9-16(14)28(25,26)22-19/h3,5,7,9,13,15H,2,4,6,8,10-12H2,1H3,(H,20,22)(H,21,23)/t13-,15+/m0/s1. The molecule has 3 rings (SSSR count). The van der Waals surface area contributed by atoms with Gasteiger partial charge in [-0.2, -0.15) is 0 Å². The first-order valence-corrected chi connectivity index (χ1v) is 11.0. The van der Waals surface area contributed by atoms with Crippen molar-refractivity contribution in [2.24, 2.45) is 10.9 Å². The minimum atomic E-state index is -3.60. The molecule has 2 aliphatic rings. The maximum atomic E-state index is 12.0. The minimum absolute atomic E-state index is 0.0412. The van der Waals surface area contributed by atoms with Crippen LogP contribution in [0.25, 0.3) is 0 Å². The van der Waals surface area contributed by atoms with Gasteiger partial charge in [0.25, 0.3) is 15.9 Å². The summed E-state index contributed by atoms with van der Waals surface area (Å²) in [6.07, 6.45) is 4.29. The van der Waals surface area contributed by atoms with Gasteiger partial charge in [-0.15, -0.1) is 0 Å². The topological polar surface area (TPSA) is 114 Å². The van der Waals surface area contributed by atoms with Gasteiger partial charge in [-0.05, 0) is 30.9 Å². The maximum absolute atomic E-state index is 12.0. The van der Waals surface area contributed by atoms with Crippen molar-refractivity contribution in [1.82, 2.24) is 10.0 Å². The number of carbonyl (C=O) groups is 2. The quantitative estimate of drug-likeness (QED) is 0.691. The number of hydrogen-bond donors (Lipinski definition) is 2. The van der Waals surface area contributed by atoms with Crippen molar-refractivity contribution < 1.29 is 22.7 Å². The number of nitrogens with zero attached hydrogens (tertiary/aromatic N) is 1. The summed E-state index contributed by atoms with van der Waals surface area (Å²) in [6.45, 7) is 1.87. The smallest absolute Gasteiger partial charge is 0.308 e. The molecular formula is C19H25N3O5S. The molecular weight excluding hydrogens is 382 g/mol. The largest absolute Gasteiger partial charge is 0.456 e. The van der Waals surface area contributed by atoms with Gasteiger partial charge in [0, 0.05) is 11.6 Å². The van der Waals surface area contributed by atoms with Crippen LogP contribution in [0.15, 0.2) is 34.2 Å². The Hall–Kier alpha value is -2.42. The fourth-order valence-electron chi connectivity index (χ4n) is 3.51. The van der Waals surface area contributed by atoms with Crippen LogP contribution in [0.1, 0.15) is 44.6 Å². The summed E-state index contributed by atoms with van der Waals surface area (Å²) in [5.41, 5.74) is 0.483. The molecule has 1 saturated carbocycles. The van der Waals surface area contributed by atoms with E-state index in [2.05, 4.69) is 22.0 Å². The highest BCUT2D eigenvalue weighted by Gasteiger charge is 2.30. The minimum Gasteiger partial charge on any atom is -0.456 e. The van der Waals surface area contributed by atoms with Crippen molar-refractivity contribution >= 4 is 27.7 Å². The van der Waals surface area contributed by atoms with E-state index in [9.17, 15) is 18.0 Å². The number of benzene rings is 1. The predicted molar refractivity (Wildman–Crippen MR) is 103 cm³/mol. The fraction of sp³-hybridized carbons (Fsp3) is 0.526. The first kappa shape index (κ1) is 20.3. The Morgan fingerprint density at radius 3 is 2.79 bits per heavy atom. The van der Waals surface area contributed by atoms with Gasteiger partial charge in [0.1, 0.15) is 5.84 Å². The normalized spacial score (nSPS) is 24.2. The number of hydrogen-bond acceptors (Lipinski definition) is 6. The summed E-state index contributed by atoms with van der Waals surface area (Å²) >= 11 is 0. The molecule has 8 nitrogen and oxygen atoms in total. The molecule has 0 unspecified atom stereocenters. The van der Waals surface area contributed by atoms with Gasteiger partial charge in [0.15, 0.2) is 6.61 Å². The number of rotatable bonds is 6. The number of amidine groups is 1. The summed E-state index contributed by atoms with van der Waals surface area (Å²) in [5, 5.41) is 2.92. The van der Waals surface area contributed by atoms with Crippen LogP contribution in [0.5, 0.6) is 0 Å². The lowest BCUT2D eigenvalue weighted by molar-refractivity contribution is -0.148. The Bertz CT molecular complexity index is 881. The highest BCUT2D eigenvalue weighted by molar-refractivity contribution is 7.90. The van der Waals surface area contributed by atoms with Gasteiger partial charge >= 0.3 is 5.97 Å². The van der Waals surface area contributed by atoms with Crippen molar-refractivity contribution in [2.45, 2.75) is 50.0 Å². The van der Waals surface area contributed by atoms with E-state index >= 15 is 0 Å². The Morgan fingerprint density at radius 2 is 2.00 bits per heavy atom. The van der Waals surface area contributed by atoms with Gasteiger partial charge in [-0.3, -0.25) is 19.3 Å². The zero-order chi connectivity index (χ0) is 20.1. The number of esters is 1. The summed E-state index contributed by atoms with van der Waals surface area (Å²) in [7, 11) is -3.60. The van der Waals surface area contributed by atoms with Gasteiger partial charge in [0.05, 0.1) is 17.9 Å². The highest BCUT2D eigenvalue weighted by Crippen LogP contribution is 2.24. The number of carbonyl (C=O) groups excluding carboxylic acids is 2. The van der Waals surface area contributed by atoms with E-state index in [-0.39, 0.29) is 42.3 Å². The molecule has 2 atom stereocenters. The van der Waals surface area contributed by atoms with Crippen molar-refractivity contribution in [3.8, 4) is 0 Å². The zero-order valence-electron chi connectivity index (χ0n) is 15.8. The molecule has 0 radical (unpaired) electrons. The van der Waals surface area contributed by atoms with Gasteiger partial charge in [-0.1, -0.05) is 31.9 Å². The first-order chi connectivity index (χ1) is 13.4. The number of aliphatic imine (C=N–C) groups is 1. The molecule has 1 fully saturated rings. The molecule has 28 heavy (non-hydrogen) atoms. The Kier molecular flexibility index (Phi) is 6.33. The van der Waals surface area contributed by atoms with Crippen LogP contribution in [0, 0.1) is 5.92 Å². The third kappa shape index (κ3) is 4.89. The lowest BCUT2D eigenvalue weighted by Crippen LogP contribution is -2.42. The monoisotopic (exact) mass is 407 g/mol. The molecule has 0 spiro atoms. The third-order valence-electron chi connectivity index (χ3n) is 5.07. The van der Waals surface area contributed by atoms with E-state index in [0.29, 0.717) is 11.5 Å². The molecule has 152 valence electrons. The van der Waals surface area contributed by atoms with Crippen LogP contribution < -0.4 is 10.0 Å².